The fraction of sp³-hybridized carbons (Fsp3) is 0.167. The average Bonchev–Trinajstić information content (AvgIpc) is 3.08. The number of nitrogens with one attached hydrogen (secondary N) is 4. The van der Waals surface area contributed by atoms with Crippen LogP contribution in [0.4, 0.5) is 10.8 Å². The summed E-state index contributed by atoms with van der Waals surface area (Å²) in [6, 6.07) is 14.6. The van der Waals surface area contributed by atoms with Crippen LogP contribution in [0.25, 0.3) is 10.2 Å². The summed E-state index contributed by atoms with van der Waals surface area (Å²) in [6.07, 6.45) is 0. The van der Waals surface area contributed by atoms with Crippen molar-refractivity contribution in [2.45, 2.75) is 13.0 Å². The number of thiazole rings is 1. The fourth-order valence-corrected chi connectivity index (χ4v) is 3.40. The number of thiocarbonyl (C=S) groups is 1. The number of carbonyl (C=O) groups is 1. The number of rotatable bonds is 5. The minimum atomic E-state index is -0.488. The number of benzene rings is 2. The van der Waals surface area contributed by atoms with Crippen molar-refractivity contribution in [3.63, 3.8) is 0 Å². The number of hydrogen-bond donors (Lipinski definition) is 4. The molecular weight excluding hydrogens is 382 g/mol. The van der Waals surface area contributed by atoms with Crippen LogP contribution in [-0.2, 0) is 4.79 Å². The molecule has 0 unspecified atom stereocenters. The van der Waals surface area contributed by atoms with Gasteiger partial charge in [-0.1, -0.05) is 29.5 Å². The van der Waals surface area contributed by atoms with Gasteiger partial charge in [-0.3, -0.25) is 15.6 Å². The lowest BCUT2D eigenvalue weighted by atomic mass is 10.3. The zero-order valence-corrected chi connectivity index (χ0v) is 16.4. The third-order valence-corrected chi connectivity index (χ3v) is 4.83. The van der Waals surface area contributed by atoms with Gasteiger partial charge in [-0.2, -0.15) is 0 Å². The van der Waals surface area contributed by atoms with Gasteiger partial charge < -0.3 is 15.4 Å². The number of anilines is 2. The SMILES string of the molecule is COc1cccc(NC(=S)NNC(=O)[C@@H](C)Nc2nc3ccccc3s2)c1. The first-order chi connectivity index (χ1) is 13.0. The van der Waals surface area contributed by atoms with Crippen molar-refractivity contribution in [2.75, 3.05) is 17.7 Å². The molecular formula is C18H19N5O2S2. The Kier molecular flexibility index (Phi) is 6.05. The zero-order valence-electron chi connectivity index (χ0n) is 14.8. The van der Waals surface area contributed by atoms with E-state index >= 15 is 0 Å². The van der Waals surface area contributed by atoms with Gasteiger partial charge in [0.1, 0.15) is 11.8 Å². The minimum Gasteiger partial charge on any atom is -0.497 e. The van der Waals surface area contributed by atoms with Gasteiger partial charge in [0.15, 0.2) is 10.2 Å². The molecule has 3 aromatic rings. The molecule has 0 fully saturated rings. The van der Waals surface area contributed by atoms with Crippen LogP contribution in [0.2, 0.25) is 0 Å². The Balaban J connectivity index is 1.49. The van der Waals surface area contributed by atoms with E-state index in [1.807, 2.05) is 42.5 Å². The van der Waals surface area contributed by atoms with E-state index in [-0.39, 0.29) is 11.0 Å². The number of methoxy groups -OCH3 is 1. The summed E-state index contributed by atoms with van der Waals surface area (Å²) < 4.78 is 6.22. The highest BCUT2D eigenvalue weighted by Gasteiger charge is 2.15. The van der Waals surface area contributed by atoms with Gasteiger partial charge in [0, 0.05) is 11.8 Å². The van der Waals surface area contributed by atoms with Crippen LogP contribution in [0.15, 0.2) is 48.5 Å². The monoisotopic (exact) mass is 401 g/mol. The van der Waals surface area contributed by atoms with E-state index in [2.05, 4.69) is 26.5 Å². The number of amides is 1. The van der Waals surface area contributed by atoms with E-state index < -0.39 is 6.04 Å². The molecule has 0 aliphatic rings. The number of carbonyl (C=O) groups excluding carboxylic acids is 1. The highest BCUT2D eigenvalue weighted by Crippen LogP contribution is 2.25. The fourth-order valence-electron chi connectivity index (χ4n) is 2.27. The molecule has 1 heterocycles. The smallest absolute Gasteiger partial charge is 0.260 e. The maximum absolute atomic E-state index is 12.3. The summed E-state index contributed by atoms with van der Waals surface area (Å²) in [5.41, 5.74) is 6.91. The van der Waals surface area contributed by atoms with Crippen LogP contribution < -0.4 is 26.2 Å². The molecule has 0 spiro atoms. The largest absolute Gasteiger partial charge is 0.497 e. The molecule has 2 aromatic carbocycles. The number of hydrogen-bond acceptors (Lipinski definition) is 6. The van der Waals surface area contributed by atoms with Crippen molar-refractivity contribution in [3.8, 4) is 5.75 Å². The zero-order chi connectivity index (χ0) is 19.2. The van der Waals surface area contributed by atoms with Crippen LogP contribution in [0.5, 0.6) is 5.75 Å². The van der Waals surface area contributed by atoms with E-state index in [9.17, 15) is 4.79 Å². The Morgan fingerprint density at radius 2 is 2.00 bits per heavy atom. The van der Waals surface area contributed by atoms with E-state index in [0.717, 1.165) is 15.9 Å². The Morgan fingerprint density at radius 1 is 1.19 bits per heavy atom. The van der Waals surface area contributed by atoms with Crippen LogP contribution >= 0.6 is 23.6 Å². The molecule has 3 rings (SSSR count). The van der Waals surface area contributed by atoms with Gasteiger partial charge in [-0.25, -0.2) is 4.98 Å². The number of nitrogens with zero attached hydrogens (tertiary/aromatic N) is 1. The Labute approximate surface area is 166 Å². The number of para-hydroxylation sites is 1. The predicted octanol–water partition coefficient (Wildman–Crippen LogP) is 3.12. The average molecular weight is 402 g/mol. The highest BCUT2D eigenvalue weighted by atomic mass is 32.1. The van der Waals surface area contributed by atoms with Gasteiger partial charge in [0.25, 0.3) is 5.91 Å². The molecule has 1 aromatic heterocycles. The van der Waals surface area contributed by atoms with Crippen molar-refractivity contribution >= 4 is 55.6 Å². The van der Waals surface area contributed by atoms with Gasteiger partial charge in [0.05, 0.1) is 17.3 Å². The molecule has 27 heavy (non-hydrogen) atoms. The lowest BCUT2D eigenvalue weighted by Crippen LogP contribution is -2.49. The van der Waals surface area contributed by atoms with Crippen LogP contribution in [0, 0.1) is 0 Å². The predicted molar refractivity (Wildman–Crippen MR) is 113 cm³/mol. The van der Waals surface area contributed by atoms with Crippen molar-refractivity contribution < 1.29 is 9.53 Å². The first-order valence-corrected chi connectivity index (χ1v) is 9.40. The van der Waals surface area contributed by atoms with Crippen molar-refractivity contribution in [1.82, 2.24) is 15.8 Å². The first-order valence-electron chi connectivity index (χ1n) is 8.18. The Bertz CT molecular complexity index is 927. The van der Waals surface area contributed by atoms with Crippen LogP contribution in [-0.4, -0.2) is 29.2 Å². The molecule has 1 amide bonds. The number of aromatic nitrogens is 1. The summed E-state index contributed by atoms with van der Waals surface area (Å²) in [7, 11) is 1.59. The number of hydrazine groups is 1. The van der Waals surface area contributed by atoms with E-state index in [0.29, 0.717) is 10.9 Å². The van der Waals surface area contributed by atoms with E-state index in [1.54, 1.807) is 20.1 Å². The standard InChI is InChI=1S/C18H19N5O2S2/c1-11(19-18-21-14-8-3-4-9-15(14)27-18)16(24)22-23-17(26)20-12-6-5-7-13(10-12)25-2/h3-11H,1-2H3,(H,19,21)(H,22,24)(H2,20,23,26)/t11-/m1/s1. The molecule has 0 saturated carbocycles. The third-order valence-electron chi connectivity index (χ3n) is 3.65. The summed E-state index contributed by atoms with van der Waals surface area (Å²) in [5, 5.41) is 7.03. The topological polar surface area (TPSA) is 87.3 Å². The highest BCUT2D eigenvalue weighted by molar-refractivity contribution is 7.80. The molecule has 9 heteroatoms. The summed E-state index contributed by atoms with van der Waals surface area (Å²) in [6.45, 7) is 1.75. The third kappa shape index (κ3) is 5.05. The molecule has 0 bridgehead atoms. The second kappa shape index (κ2) is 8.65. The lowest BCUT2D eigenvalue weighted by Gasteiger charge is -2.16. The maximum atomic E-state index is 12.3. The maximum Gasteiger partial charge on any atom is 0.260 e. The van der Waals surface area contributed by atoms with Gasteiger partial charge in [0.2, 0.25) is 0 Å². The van der Waals surface area contributed by atoms with Crippen LogP contribution in [0.3, 0.4) is 0 Å². The van der Waals surface area contributed by atoms with E-state index in [4.69, 9.17) is 17.0 Å². The number of ether oxygens (including phenoxy) is 1. The van der Waals surface area contributed by atoms with Gasteiger partial charge in [-0.15, -0.1) is 0 Å². The second-order valence-corrected chi connectivity index (χ2v) is 7.09. The molecule has 140 valence electrons. The van der Waals surface area contributed by atoms with Crippen molar-refractivity contribution in [3.05, 3.63) is 48.5 Å². The summed E-state index contributed by atoms with van der Waals surface area (Å²) >= 11 is 6.69. The molecule has 0 aliphatic heterocycles. The summed E-state index contributed by atoms with van der Waals surface area (Å²) in [4.78, 5) is 16.7. The molecule has 1 atom stereocenters. The quantitative estimate of drug-likeness (QED) is 0.386. The molecule has 7 nitrogen and oxygen atoms in total. The van der Waals surface area contributed by atoms with E-state index in [1.165, 1.54) is 11.3 Å². The minimum absolute atomic E-state index is 0.260. The molecule has 4 N–H and O–H groups in total. The second-order valence-electron chi connectivity index (χ2n) is 5.65. The van der Waals surface area contributed by atoms with Crippen molar-refractivity contribution in [2.24, 2.45) is 0 Å². The van der Waals surface area contributed by atoms with Crippen LogP contribution in [0.1, 0.15) is 6.92 Å². The molecule has 0 aliphatic carbocycles. The Morgan fingerprint density at radius 3 is 2.78 bits per heavy atom. The lowest BCUT2D eigenvalue weighted by molar-refractivity contribution is -0.122. The normalized spacial score (nSPS) is 11.5. The summed E-state index contributed by atoms with van der Waals surface area (Å²) in [5.74, 6) is 0.449. The molecule has 0 saturated heterocycles. The number of fused-ring (bicyclic) bond motifs is 1. The van der Waals surface area contributed by atoms with Gasteiger partial charge in [-0.05, 0) is 43.4 Å². The molecule has 0 radical (unpaired) electrons. The van der Waals surface area contributed by atoms with Crippen molar-refractivity contribution in [1.29, 1.82) is 0 Å². The Hall–Kier alpha value is -2.91. The van der Waals surface area contributed by atoms with Gasteiger partial charge >= 0.3 is 0 Å². The first kappa shape index (κ1) is 18.9.